The Labute approximate surface area is 119 Å². The number of aliphatic hydroxyl groups is 1. The Morgan fingerprint density at radius 3 is 2.53 bits per heavy atom. The number of halogens is 1. The van der Waals surface area contributed by atoms with Crippen LogP contribution in [-0.2, 0) is 0 Å². The van der Waals surface area contributed by atoms with E-state index in [2.05, 4.69) is 17.0 Å². The van der Waals surface area contributed by atoms with Crippen LogP contribution in [0.5, 0.6) is 0 Å². The van der Waals surface area contributed by atoms with E-state index in [1.165, 1.54) is 0 Å². The van der Waals surface area contributed by atoms with Gasteiger partial charge in [0.05, 0.1) is 6.10 Å². The van der Waals surface area contributed by atoms with Gasteiger partial charge in [-0.15, -0.1) is 0 Å². The van der Waals surface area contributed by atoms with Gasteiger partial charge in [-0.3, -0.25) is 0 Å². The number of benzene rings is 2. The lowest BCUT2D eigenvalue weighted by atomic mass is 10.1. The lowest BCUT2D eigenvalue weighted by Crippen LogP contribution is -2.20. The van der Waals surface area contributed by atoms with E-state index in [1.54, 1.807) is 0 Å². The third kappa shape index (κ3) is 3.98. The second-order valence-electron chi connectivity index (χ2n) is 4.62. The maximum atomic E-state index is 10.2. The van der Waals surface area contributed by atoms with Crippen LogP contribution in [0.1, 0.15) is 18.1 Å². The maximum absolute atomic E-state index is 10.2. The van der Waals surface area contributed by atoms with Crippen LogP contribution in [0.4, 0.5) is 5.69 Å². The summed E-state index contributed by atoms with van der Waals surface area (Å²) in [6.45, 7) is 0.789. The smallest absolute Gasteiger partial charge is 0.0807 e. The molecule has 2 aromatic carbocycles. The Morgan fingerprint density at radius 1 is 1.11 bits per heavy atom. The topological polar surface area (TPSA) is 23.5 Å². The molecular weight excluding hydrogens is 258 g/mol. The third-order valence-corrected chi connectivity index (χ3v) is 3.40. The van der Waals surface area contributed by atoms with Crippen molar-refractivity contribution in [3.05, 3.63) is 65.2 Å². The van der Waals surface area contributed by atoms with E-state index in [-0.39, 0.29) is 0 Å². The second-order valence-corrected chi connectivity index (χ2v) is 5.05. The van der Waals surface area contributed by atoms with Gasteiger partial charge < -0.3 is 10.0 Å². The highest BCUT2D eigenvalue weighted by Gasteiger charge is 2.09. The summed E-state index contributed by atoms with van der Waals surface area (Å²) < 4.78 is 0. The molecule has 0 saturated carbocycles. The van der Waals surface area contributed by atoms with E-state index in [0.717, 1.165) is 17.8 Å². The number of aliphatic hydroxyl groups excluding tert-OH is 1. The molecule has 1 atom stereocenters. The van der Waals surface area contributed by atoms with Crippen molar-refractivity contribution in [3.63, 3.8) is 0 Å². The molecule has 1 N–H and O–H groups in total. The maximum Gasteiger partial charge on any atom is 0.0807 e. The highest BCUT2D eigenvalue weighted by atomic mass is 35.5. The molecule has 1 unspecified atom stereocenters. The van der Waals surface area contributed by atoms with E-state index < -0.39 is 6.10 Å². The zero-order valence-corrected chi connectivity index (χ0v) is 11.7. The first kappa shape index (κ1) is 13.9. The van der Waals surface area contributed by atoms with Crippen molar-refractivity contribution in [2.75, 3.05) is 18.5 Å². The van der Waals surface area contributed by atoms with Crippen LogP contribution in [0.2, 0.25) is 5.02 Å². The van der Waals surface area contributed by atoms with Crippen molar-refractivity contribution in [2.45, 2.75) is 12.5 Å². The van der Waals surface area contributed by atoms with Crippen LogP contribution in [0.3, 0.4) is 0 Å². The lowest BCUT2D eigenvalue weighted by molar-refractivity contribution is 0.170. The molecule has 0 fully saturated rings. The van der Waals surface area contributed by atoms with Crippen molar-refractivity contribution >= 4 is 17.3 Å². The number of para-hydroxylation sites is 1. The molecule has 3 heteroatoms. The molecule has 2 aromatic rings. The molecule has 0 aromatic heterocycles. The van der Waals surface area contributed by atoms with Gasteiger partial charge >= 0.3 is 0 Å². The average Bonchev–Trinajstić information content (AvgIpc) is 2.45. The number of rotatable bonds is 5. The first-order valence-corrected chi connectivity index (χ1v) is 6.74. The van der Waals surface area contributed by atoms with Crippen LogP contribution in [0.15, 0.2) is 54.6 Å². The van der Waals surface area contributed by atoms with Crippen LogP contribution in [0.25, 0.3) is 0 Å². The number of anilines is 1. The fraction of sp³-hybridized carbons (Fsp3) is 0.250. The normalized spacial score (nSPS) is 12.2. The molecule has 0 radical (unpaired) electrons. The van der Waals surface area contributed by atoms with Gasteiger partial charge in [0.15, 0.2) is 0 Å². The predicted octanol–water partition coefficient (Wildman–Crippen LogP) is 3.90. The predicted molar refractivity (Wildman–Crippen MR) is 80.7 cm³/mol. The molecular formula is C16H18ClNO. The largest absolute Gasteiger partial charge is 0.388 e. The van der Waals surface area contributed by atoms with Gasteiger partial charge in [-0.05, 0) is 36.2 Å². The first-order valence-electron chi connectivity index (χ1n) is 6.36. The van der Waals surface area contributed by atoms with Crippen molar-refractivity contribution in [3.8, 4) is 0 Å². The van der Waals surface area contributed by atoms with Gasteiger partial charge in [0.25, 0.3) is 0 Å². The summed E-state index contributed by atoms with van der Waals surface area (Å²) in [6, 6.07) is 17.5. The van der Waals surface area contributed by atoms with Crippen molar-refractivity contribution in [1.29, 1.82) is 0 Å². The summed E-state index contributed by atoms with van der Waals surface area (Å²) in [5.41, 5.74) is 2.02. The molecule has 0 spiro atoms. The molecule has 0 heterocycles. The summed E-state index contributed by atoms with van der Waals surface area (Å²) in [6.07, 6.45) is 0.191. The summed E-state index contributed by atoms with van der Waals surface area (Å²) in [5, 5.41) is 10.8. The Balaban J connectivity index is 1.92. The summed E-state index contributed by atoms with van der Waals surface area (Å²) in [5.74, 6) is 0. The summed E-state index contributed by atoms with van der Waals surface area (Å²) >= 11 is 5.93. The quantitative estimate of drug-likeness (QED) is 0.895. The van der Waals surface area contributed by atoms with Crippen LogP contribution >= 0.6 is 11.6 Å². The minimum Gasteiger partial charge on any atom is -0.388 e. The average molecular weight is 276 g/mol. The van der Waals surface area contributed by atoms with E-state index in [9.17, 15) is 5.11 Å². The van der Waals surface area contributed by atoms with E-state index in [1.807, 2.05) is 49.5 Å². The summed E-state index contributed by atoms with van der Waals surface area (Å²) in [7, 11) is 2.03. The monoisotopic (exact) mass is 275 g/mol. The van der Waals surface area contributed by atoms with Crippen molar-refractivity contribution in [1.82, 2.24) is 0 Å². The van der Waals surface area contributed by atoms with Crippen LogP contribution in [0, 0.1) is 0 Å². The fourth-order valence-electron chi connectivity index (χ4n) is 2.01. The van der Waals surface area contributed by atoms with Gasteiger partial charge in [-0.25, -0.2) is 0 Å². The highest BCUT2D eigenvalue weighted by Crippen LogP contribution is 2.21. The molecule has 0 aliphatic heterocycles. The lowest BCUT2D eigenvalue weighted by Gasteiger charge is -2.21. The standard InChI is InChI=1S/C16H18ClNO/c1-18(15-8-3-2-4-9-15)11-10-16(19)13-6-5-7-14(17)12-13/h2-9,12,16,19H,10-11H2,1H3. The third-order valence-electron chi connectivity index (χ3n) is 3.17. The molecule has 2 rings (SSSR count). The molecule has 0 bridgehead atoms. The fourth-order valence-corrected chi connectivity index (χ4v) is 2.21. The molecule has 0 aliphatic carbocycles. The second kappa shape index (κ2) is 6.60. The zero-order chi connectivity index (χ0) is 13.7. The van der Waals surface area contributed by atoms with E-state index >= 15 is 0 Å². The van der Waals surface area contributed by atoms with Gasteiger partial charge in [0.1, 0.15) is 0 Å². The zero-order valence-electron chi connectivity index (χ0n) is 11.0. The minimum absolute atomic E-state index is 0.482. The van der Waals surface area contributed by atoms with Gasteiger partial charge in [-0.2, -0.15) is 0 Å². The molecule has 0 aliphatic rings. The Morgan fingerprint density at radius 2 is 1.84 bits per heavy atom. The number of hydrogen-bond acceptors (Lipinski definition) is 2. The minimum atomic E-state index is -0.482. The number of hydrogen-bond donors (Lipinski definition) is 1. The van der Waals surface area contributed by atoms with Crippen molar-refractivity contribution < 1.29 is 5.11 Å². The highest BCUT2D eigenvalue weighted by molar-refractivity contribution is 6.30. The Bertz CT molecular complexity index is 515. The Kier molecular flexibility index (Phi) is 4.83. The summed E-state index contributed by atoms with van der Waals surface area (Å²) in [4.78, 5) is 2.13. The number of nitrogens with zero attached hydrogens (tertiary/aromatic N) is 1. The van der Waals surface area contributed by atoms with Crippen LogP contribution < -0.4 is 4.90 Å². The van der Waals surface area contributed by atoms with Crippen LogP contribution in [-0.4, -0.2) is 18.7 Å². The van der Waals surface area contributed by atoms with Crippen molar-refractivity contribution in [2.24, 2.45) is 0 Å². The molecule has 2 nitrogen and oxygen atoms in total. The molecule has 0 amide bonds. The van der Waals surface area contributed by atoms with Gasteiger partial charge in [0, 0.05) is 24.3 Å². The van der Waals surface area contributed by atoms with E-state index in [4.69, 9.17) is 11.6 Å². The van der Waals surface area contributed by atoms with Gasteiger partial charge in [-0.1, -0.05) is 41.9 Å². The molecule has 0 saturated heterocycles. The first-order chi connectivity index (χ1) is 9.16. The van der Waals surface area contributed by atoms with Gasteiger partial charge in [0.2, 0.25) is 0 Å². The van der Waals surface area contributed by atoms with E-state index in [0.29, 0.717) is 11.4 Å². The molecule has 19 heavy (non-hydrogen) atoms. The Hall–Kier alpha value is -1.51. The SMILES string of the molecule is CN(CCC(O)c1cccc(Cl)c1)c1ccccc1. The molecule has 100 valence electrons.